The predicted octanol–water partition coefficient (Wildman–Crippen LogP) is 3.29. The van der Waals surface area contributed by atoms with Crippen molar-refractivity contribution in [1.82, 2.24) is 10.2 Å². The van der Waals surface area contributed by atoms with Crippen molar-refractivity contribution in [2.45, 2.75) is 78.0 Å². The summed E-state index contributed by atoms with van der Waals surface area (Å²) in [6.45, 7) is 13.7. The number of ether oxygens (including phenoxy) is 1. The molecule has 1 saturated carbocycles. The molecule has 2 rings (SSSR count). The summed E-state index contributed by atoms with van der Waals surface area (Å²) in [5.74, 6) is 1.47. The van der Waals surface area contributed by atoms with Gasteiger partial charge >= 0.3 is 0 Å². The fourth-order valence-electron chi connectivity index (χ4n) is 3.83. The molecule has 2 fully saturated rings. The van der Waals surface area contributed by atoms with Gasteiger partial charge in [0.1, 0.15) is 0 Å². The molecule has 1 heterocycles. The number of nitrogens with one attached hydrogen (secondary N) is 1. The molecule has 0 bridgehead atoms. The lowest BCUT2D eigenvalue weighted by Gasteiger charge is -2.44. The third kappa shape index (κ3) is 4.94. The van der Waals surface area contributed by atoms with Gasteiger partial charge in [-0.15, -0.1) is 0 Å². The van der Waals surface area contributed by atoms with Gasteiger partial charge in [0.05, 0.1) is 12.7 Å². The highest BCUT2D eigenvalue weighted by Crippen LogP contribution is 2.22. The standard InChI is InChI=1S/C18H36N2O/c1-5-15(4)17-13-20(18(12-19-17)14(2)3)10-11-21-16-8-6-7-9-16/h14-19H,5-13H2,1-4H3. The van der Waals surface area contributed by atoms with Gasteiger partial charge in [0.2, 0.25) is 0 Å². The van der Waals surface area contributed by atoms with Gasteiger partial charge < -0.3 is 10.1 Å². The van der Waals surface area contributed by atoms with Crippen molar-refractivity contribution in [3.05, 3.63) is 0 Å². The minimum absolute atomic E-state index is 0.552. The normalized spacial score (nSPS) is 30.1. The number of nitrogens with zero attached hydrogens (tertiary/aromatic N) is 1. The second kappa shape index (κ2) is 8.50. The zero-order valence-corrected chi connectivity index (χ0v) is 14.6. The first-order valence-corrected chi connectivity index (χ1v) is 9.20. The number of rotatable bonds is 7. The van der Waals surface area contributed by atoms with Crippen molar-refractivity contribution in [2.75, 3.05) is 26.2 Å². The lowest BCUT2D eigenvalue weighted by Crippen LogP contribution is -2.60. The maximum Gasteiger partial charge on any atom is 0.0597 e. The summed E-state index contributed by atoms with van der Waals surface area (Å²) in [6, 6.07) is 1.31. The van der Waals surface area contributed by atoms with E-state index in [2.05, 4.69) is 37.9 Å². The molecule has 0 aromatic carbocycles. The molecule has 0 aromatic rings. The second-order valence-electron chi connectivity index (χ2n) is 7.48. The molecule has 3 heteroatoms. The third-order valence-corrected chi connectivity index (χ3v) is 5.62. The summed E-state index contributed by atoms with van der Waals surface area (Å²) in [5.41, 5.74) is 0. The molecular weight excluding hydrogens is 260 g/mol. The van der Waals surface area contributed by atoms with Crippen LogP contribution in [0.3, 0.4) is 0 Å². The average Bonchev–Trinajstić information content (AvgIpc) is 2.99. The van der Waals surface area contributed by atoms with Crippen LogP contribution in [0, 0.1) is 11.8 Å². The van der Waals surface area contributed by atoms with Crippen molar-refractivity contribution in [3.63, 3.8) is 0 Å². The molecule has 2 aliphatic rings. The van der Waals surface area contributed by atoms with Crippen molar-refractivity contribution < 1.29 is 4.74 Å². The molecule has 3 nitrogen and oxygen atoms in total. The van der Waals surface area contributed by atoms with E-state index in [0.29, 0.717) is 24.1 Å². The molecule has 3 atom stereocenters. The van der Waals surface area contributed by atoms with Crippen LogP contribution >= 0.6 is 0 Å². The van der Waals surface area contributed by atoms with Gasteiger partial charge in [0.25, 0.3) is 0 Å². The molecule has 1 N–H and O–H groups in total. The Hall–Kier alpha value is -0.120. The Labute approximate surface area is 131 Å². The first-order valence-electron chi connectivity index (χ1n) is 9.20. The van der Waals surface area contributed by atoms with Crippen LogP contribution in [0.15, 0.2) is 0 Å². The average molecular weight is 296 g/mol. The Kier molecular flexibility index (Phi) is 6.97. The molecule has 1 aliphatic heterocycles. The Balaban J connectivity index is 1.81. The highest BCUT2D eigenvalue weighted by Gasteiger charge is 2.31. The van der Waals surface area contributed by atoms with E-state index in [-0.39, 0.29) is 0 Å². The van der Waals surface area contributed by atoms with E-state index in [1.165, 1.54) is 38.6 Å². The molecular formula is C18H36N2O. The van der Waals surface area contributed by atoms with Crippen molar-refractivity contribution >= 4 is 0 Å². The number of hydrogen-bond donors (Lipinski definition) is 1. The Morgan fingerprint density at radius 3 is 2.52 bits per heavy atom. The number of piperazine rings is 1. The predicted molar refractivity (Wildman–Crippen MR) is 89.7 cm³/mol. The fraction of sp³-hybridized carbons (Fsp3) is 1.00. The van der Waals surface area contributed by atoms with Crippen molar-refractivity contribution in [1.29, 1.82) is 0 Å². The topological polar surface area (TPSA) is 24.5 Å². The summed E-state index contributed by atoms with van der Waals surface area (Å²) in [5, 5.41) is 3.78. The van der Waals surface area contributed by atoms with E-state index in [1.54, 1.807) is 0 Å². The smallest absolute Gasteiger partial charge is 0.0597 e. The molecule has 124 valence electrons. The minimum Gasteiger partial charge on any atom is -0.377 e. The van der Waals surface area contributed by atoms with E-state index < -0.39 is 0 Å². The van der Waals surface area contributed by atoms with Gasteiger partial charge in [-0.2, -0.15) is 0 Å². The van der Waals surface area contributed by atoms with Gasteiger partial charge in [-0.3, -0.25) is 4.90 Å². The zero-order chi connectivity index (χ0) is 15.2. The summed E-state index contributed by atoms with van der Waals surface area (Å²) in [7, 11) is 0. The van der Waals surface area contributed by atoms with Crippen molar-refractivity contribution in [2.24, 2.45) is 11.8 Å². The monoisotopic (exact) mass is 296 g/mol. The van der Waals surface area contributed by atoms with Gasteiger partial charge in [-0.05, 0) is 24.7 Å². The van der Waals surface area contributed by atoms with Crippen LogP contribution in [0.25, 0.3) is 0 Å². The van der Waals surface area contributed by atoms with E-state index in [4.69, 9.17) is 4.74 Å². The minimum atomic E-state index is 0.552. The molecule has 0 radical (unpaired) electrons. The summed E-state index contributed by atoms with van der Waals surface area (Å²) < 4.78 is 6.09. The highest BCUT2D eigenvalue weighted by atomic mass is 16.5. The summed E-state index contributed by atoms with van der Waals surface area (Å²) in [6.07, 6.45) is 7.10. The van der Waals surface area contributed by atoms with Crippen LogP contribution in [0.1, 0.15) is 59.8 Å². The Bertz CT molecular complexity index is 289. The van der Waals surface area contributed by atoms with E-state index >= 15 is 0 Å². The van der Waals surface area contributed by atoms with Crippen LogP contribution in [-0.2, 0) is 4.74 Å². The first kappa shape index (κ1) is 17.2. The first-order chi connectivity index (χ1) is 10.1. The van der Waals surface area contributed by atoms with E-state index in [0.717, 1.165) is 25.6 Å². The van der Waals surface area contributed by atoms with Crippen LogP contribution < -0.4 is 5.32 Å². The lowest BCUT2D eigenvalue weighted by atomic mass is 9.92. The molecule has 21 heavy (non-hydrogen) atoms. The largest absolute Gasteiger partial charge is 0.377 e. The lowest BCUT2D eigenvalue weighted by molar-refractivity contribution is 0.0121. The van der Waals surface area contributed by atoms with Gasteiger partial charge in [-0.25, -0.2) is 0 Å². The zero-order valence-electron chi connectivity index (χ0n) is 14.6. The molecule has 3 unspecified atom stereocenters. The molecule has 0 spiro atoms. The van der Waals surface area contributed by atoms with Crippen LogP contribution in [-0.4, -0.2) is 49.3 Å². The molecule has 1 saturated heterocycles. The quantitative estimate of drug-likeness (QED) is 0.780. The fourth-order valence-corrected chi connectivity index (χ4v) is 3.83. The van der Waals surface area contributed by atoms with Crippen molar-refractivity contribution in [3.8, 4) is 0 Å². The van der Waals surface area contributed by atoms with Crippen LogP contribution in [0.4, 0.5) is 0 Å². The Morgan fingerprint density at radius 2 is 1.90 bits per heavy atom. The summed E-state index contributed by atoms with van der Waals surface area (Å²) >= 11 is 0. The maximum absolute atomic E-state index is 6.09. The molecule has 0 amide bonds. The van der Waals surface area contributed by atoms with Crippen LogP contribution in [0.5, 0.6) is 0 Å². The highest BCUT2D eigenvalue weighted by molar-refractivity contribution is 4.89. The second-order valence-corrected chi connectivity index (χ2v) is 7.48. The van der Waals surface area contributed by atoms with E-state index in [1.807, 2.05) is 0 Å². The van der Waals surface area contributed by atoms with Gasteiger partial charge in [0.15, 0.2) is 0 Å². The molecule has 0 aromatic heterocycles. The van der Waals surface area contributed by atoms with Gasteiger partial charge in [-0.1, -0.05) is 47.0 Å². The molecule has 1 aliphatic carbocycles. The third-order valence-electron chi connectivity index (χ3n) is 5.62. The number of hydrogen-bond acceptors (Lipinski definition) is 3. The Morgan fingerprint density at radius 1 is 1.19 bits per heavy atom. The van der Waals surface area contributed by atoms with Gasteiger partial charge in [0, 0.05) is 31.7 Å². The maximum atomic E-state index is 6.09. The van der Waals surface area contributed by atoms with Crippen LogP contribution in [0.2, 0.25) is 0 Å². The summed E-state index contributed by atoms with van der Waals surface area (Å²) in [4.78, 5) is 2.69. The van der Waals surface area contributed by atoms with E-state index in [9.17, 15) is 0 Å². The SMILES string of the molecule is CCC(C)C1CN(CCOC2CCCC2)C(C(C)C)CN1.